The van der Waals surface area contributed by atoms with E-state index in [1.54, 1.807) is 12.1 Å². The number of aromatic hydroxyl groups is 1. The zero-order chi connectivity index (χ0) is 15.5. The Labute approximate surface area is 122 Å². The molecule has 0 saturated heterocycles. The first-order valence-corrected chi connectivity index (χ1v) is 7.65. The highest BCUT2D eigenvalue weighted by atomic mass is 32.2. The Morgan fingerprint density at radius 2 is 1.81 bits per heavy atom. The van der Waals surface area contributed by atoms with Crippen LogP contribution in [0.25, 0.3) is 0 Å². The molecule has 0 spiro atoms. The summed E-state index contributed by atoms with van der Waals surface area (Å²) in [4.78, 5) is 0.166. The average molecular weight is 310 g/mol. The zero-order valence-electron chi connectivity index (χ0n) is 11.3. The molecule has 0 atom stereocenters. The molecule has 7 heteroatoms. The fraction of sp³-hybridized carbons (Fsp3) is 0.143. The Kier molecular flexibility index (Phi) is 4.44. The van der Waals surface area contributed by atoms with Gasteiger partial charge in [-0.25, -0.2) is 17.5 Å². The number of phenols is 1. The van der Waals surface area contributed by atoms with Crippen molar-refractivity contribution >= 4 is 15.7 Å². The molecule has 0 radical (unpaired) electrons. The van der Waals surface area contributed by atoms with Gasteiger partial charge in [0.15, 0.2) is 0 Å². The molecule has 0 saturated carbocycles. The molecule has 0 aliphatic heterocycles. The number of halogens is 1. The van der Waals surface area contributed by atoms with Gasteiger partial charge in [0, 0.05) is 18.3 Å². The molecule has 0 heterocycles. The number of phenolic OH excluding ortho intramolecular Hbond substituents is 1. The van der Waals surface area contributed by atoms with Crippen LogP contribution in [0.2, 0.25) is 0 Å². The van der Waals surface area contributed by atoms with Crippen molar-refractivity contribution in [2.75, 3.05) is 12.4 Å². The number of rotatable bonds is 5. The van der Waals surface area contributed by atoms with Crippen molar-refractivity contribution in [3.8, 4) is 5.75 Å². The summed E-state index contributed by atoms with van der Waals surface area (Å²) in [5, 5.41) is 12.3. The Balaban J connectivity index is 2.07. The number of hydrogen-bond donors (Lipinski definition) is 3. The van der Waals surface area contributed by atoms with E-state index in [0.717, 1.165) is 6.07 Å². The Hall–Kier alpha value is -2.12. The minimum absolute atomic E-state index is 0.137. The topological polar surface area (TPSA) is 78.4 Å². The van der Waals surface area contributed by atoms with Gasteiger partial charge in [0.05, 0.1) is 4.90 Å². The predicted molar refractivity (Wildman–Crippen MR) is 78.1 cm³/mol. The largest absolute Gasteiger partial charge is 0.508 e. The molecule has 21 heavy (non-hydrogen) atoms. The molecule has 0 bridgehead atoms. The van der Waals surface area contributed by atoms with Crippen molar-refractivity contribution in [2.45, 2.75) is 11.4 Å². The van der Waals surface area contributed by atoms with Gasteiger partial charge in [0.1, 0.15) is 11.6 Å². The molecule has 0 fully saturated rings. The maximum atomic E-state index is 13.1. The quantitative estimate of drug-likeness (QED) is 0.790. The summed E-state index contributed by atoms with van der Waals surface area (Å²) >= 11 is 0. The van der Waals surface area contributed by atoms with E-state index in [4.69, 9.17) is 0 Å². The van der Waals surface area contributed by atoms with Crippen LogP contribution in [0.1, 0.15) is 5.56 Å². The number of anilines is 1. The second-order valence-electron chi connectivity index (χ2n) is 4.40. The Bertz CT molecular complexity index is 710. The van der Waals surface area contributed by atoms with Crippen LogP contribution in [0, 0.1) is 5.82 Å². The van der Waals surface area contributed by atoms with E-state index in [-0.39, 0.29) is 10.6 Å². The van der Waals surface area contributed by atoms with Crippen LogP contribution in [-0.4, -0.2) is 20.6 Å². The van der Waals surface area contributed by atoms with Crippen molar-refractivity contribution in [3.05, 3.63) is 53.8 Å². The lowest BCUT2D eigenvalue weighted by molar-refractivity contribution is 0.468. The van der Waals surface area contributed by atoms with E-state index >= 15 is 0 Å². The fourth-order valence-electron chi connectivity index (χ4n) is 1.81. The SMILES string of the molecule is CNS(=O)(=O)c1ccc(NCc2cc(O)cc(F)c2)cc1. The fourth-order valence-corrected chi connectivity index (χ4v) is 2.54. The number of hydrogen-bond acceptors (Lipinski definition) is 4. The van der Waals surface area contributed by atoms with Gasteiger partial charge in [-0.3, -0.25) is 0 Å². The summed E-state index contributed by atoms with van der Waals surface area (Å²) in [6, 6.07) is 9.96. The first-order chi connectivity index (χ1) is 9.90. The van der Waals surface area contributed by atoms with Crippen LogP contribution >= 0.6 is 0 Å². The zero-order valence-corrected chi connectivity index (χ0v) is 12.1. The molecular weight excluding hydrogens is 295 g/mol. The monoisotopic (exact) mass is 310 g/mol. The molecule has 0 aliphatic carbocycles. The van der Waals surface area contributed by atoms with Gasteiger partial charge >= 0.3 is 0 Å². The summed E-state index contributed by atoms with van der Waals surface area (Å²) in [6.07, 6.45) is 0. The highest BCUT2D eigenvalue weighted by Crippen LogP contribution is 2.17. The van der Waals surface area contributed by atoms with E-state index < -0.39 is 15.8 Å². The highest BCUT2D eigenvalue weighted by Gasteiger charge is 2.10. The third-order valence-electron chi connectivity index (χ3n) is 2.87. The maximum absolute atomic E-state index is 13.1. The summed E-state index contributed by atoms with van der Waals surface area (Å²) < 4.78 is 38.5. The second-order valence-corrected chi connectivity index (χ2v) is 6.29. The van der Waals surface area contributed by atoms with Crippen molar-refractivity contribution in [1.29, 1.82) is 0 Å². The van der Waals surface area contributed by atoms with Crippen LogP contribution in [0.5, 0.6) is 5.75 Å². The number of benzene rings is 2. The van der Waals surface area contributed by atoms with Gasteiger partial charge in [-0.2, -0.15) is 0 Å². The van der Waals surface area contributed by atoms with Crippen molar-refractivity contribution in [3.63, 3.8) is 0 Å². The highest BCUT2D eigenvalue weighted by molar-refractivity contribution is 7.89. The molecule has 2 rings (SSSR count). The average Bonchev–Trinajstić information content (AvgIpc) is 2.44. The molecule has 5 nitrogen and oxygen atoms in total. The Morgan fingerprint density at radius 3 is 2.38 bits per heavy atom. The van der Waals surface area contributed by atoms with Gasteiger partial charge in [0.2, 0.25) is 10.0 Å². The predicted octanol–water partition coefficient (Wildman–Crippen LogP) is 2.05. The number of nitrogens with one attached hydrogen (secondary N) is 2. The van der Waals surface area contributed by atoms with Gasteiger partial charge in [-0.15, -0.1) is 0 Å². The molecule has 0 aliphatic rings. The summed E-state index contributed by atoms with van der Waals surface area (Å²) in [5.41, 5.74) is 1.27. The van der Waals surface area contributed by atoms with E-state index in [1.807, 2.05) is 0 Å². The molecule has 0 aromatic heterocycles. The Morgan fingerprint density at radius 1 is 1.14 bits per heavy atom. The molecular formula is C14H15FN2O3S. The van der Waals surface area contributed by atoms with Crippen molar-refractivity contribution in [2.24, 2.45) is 0 Å². The van der Waals surface area contributed by atoms with Gasteiger partial charge in [-0.1, -0.05) is 0 Å². The molecule has 0 amide bonds. The lowest BCUT2D eigenvalue weighted by atomic mass is 10.2. The molecule has 3 N–H and O–H groups in total. The third kappa shape index (κ3) is 3.93. The molecule has 2 aromatic carbocycles. The van der Waals surface area contributed by atoms with E-state index in [2.05, 4.69) is 10.0 Å². The van der Waals surface area contributed by atoms with Crippen molar-refractivity contribution < 1.29 is 17.9 Å². The summed E-state index contributed by atoms with van der Waals surface area (Å²) in [7, 11) is -2.11. The summed E-state index contributed by atoms with van der Waals surface area (Å²) in [5.74, 6) is -0.649. The normalized spacial score (nSPS) is 11.3. The first-order valence-electron chi connectivity index (χ1n) is 6.16. The molecule has 112 valence electrons. The standard InChI is InChI=1S/C14H15FN2O3S/c1-16-21(19,20)14-4-2-12(3-5-14)17-9-10-6-11(15)8-13(18)7-10/h2-8,16-18H,9H2,1H3. The molecule has 0 unspecified atom stereocenters. The van der Waals surface area contributed by atoms with E-state index in [1.165, 1.54) is 31.3 Å². The van der Waals surface area contributed by atoms with Crippen LogP contribution in [0.3, 0.4) is 0 Å². The van der Waals surface area contributed by atoms with E-state index in [9.17, 15) is 17.9 Å². The van der Waals surface area contributed by atoms with Crippen molar-refractivity contribution in [1.82, 2.24) is 4.72 Å². The van der Waals surface area contributed by atoms with Crippen LogP contribution in [-0.2, 0) is 16.6 Å². The smallest absolute Gasteiger partial charge is 0.240 e. The molecule has 2 aromatic rings. The van der Waals surface area contributed by atoms with Gasteiger partial charge in [0.25, 0.3) is 0 Å². The lowest BCUT2D eigenvalue weighted by Crippen LogP contribution is -2.18. The van der Waals surface area contributed by atoms with Gasteiger partial charge < -0.3 is 10.4 Å². The second kappa shape index (κ2) is 6.11. The van der Waals surface area contributed by atoms with Crippen LogP contribution in [0.4, 0.5) is 10.1 Å². The van der Waals surface area contributed by atoms with Gasteiger partial charge in [-0.05, 0) is 49.0 Å². The minimum Gasteiger partial charge on any atom is -0.508 e. The summed E-state index contributed by atoms with van der Waals surface area (Å²) in [6.45, 7) is 0.309. The third-order valence-corrected chi connectivity index (χ3v) is 4.30. The van der Waals surface area contributed by atoms with Crippen LogP contribution in [0.15, 0.2) is 47.4 Å². The first kappa shape index (κ1) is 15.3. The minimum atomic E-state index is -3.45. The van der Waals surface area contributed by atoms with Crippen LogP contribution < -0.4 is 10.0 Å². The maximum Gasteiger partial charge on any atom is 0.240 e. The van der Waals surface area contributed by atoms with E-state index in [0.29, 0.717) is 17.8 Å². The number of sulfonamides is 1. The lowest BCUT2D eigenvalue weighted by Gasteiger charge is -2.08.